The van der Waals surface area contributed by atoms with Crippen LogP contribution in [0.2, 0.25) is 0 Å². The van der Waals surface area contributed by atoms with E-state index in [0.717, 1.165) is 11.3 Å². The Kier molecular flexibility index (Phi) is 7.58. The van der Waals surface area contributed by atoms with Crippen molar-refractivity contribution in [3.63, 3.8) is 0 Å². The van der Waals surface area contributed by atoms with Gasteiger partial charge in [0, 0.05) is 25.2 Å². The first-order valence-electron chi connectivity index (χ1n) is 12.9. The zero-order chi connectivity index (χ0) is 27.4. The Morgan fingerprint density at radius 3 is 2.31 bits per heavy atom. The van der Waals surface area contributed by atoms with Crippen LogP contribution >= 0.6 is 0 Å². The SMILES string of the molecule is Cc1ccc(OCCCN2C(=O)COc3ccc(NC(=O)CCCN4C(=O)c5ccccc5C4=O)cc32)cc1. The Morgan fingerprint density at radius 1 is 0.897 bits per heavy atom. The van der Waals surface area contributed by atoms with Crippen LogP contribution in [0.25, 0.3) is 0 Å². The number of aryl methyl sites for hydroxylation is 1. The summed E-state index contributed by atoms with van der Waals surface area (Å²) in [6.45, 7) is 3.02. The maximum Gasteiger partial charge on any atom is 0.265 e. The number of imide groups is 1. The molecule has 200 valence electrons. The normalized spacial score (nSPS) is 14.1. The third-order valence-corrected chi connectivity index (χ3v) is 6.67. The predicted molar refractivity (Wildman–Crippen MR) is 145 cm³/mol. The van der Waals surface area contributed by atoms with Gasteiger partial charge in [0.15, 0.2) is 6.61 Å². The highest BCUT2D eigenvalue weighted by Gasteiger charge is 2.34. The van der Waals surface area contributed by atoms with E-state index in [9.17, 15) is 19.2 Å². The molecule has 39 heavy (non-hydrogen) atoms. The highest BCUT2D eigenvalue weighted by Crippen LogP contribution is 2.35. The van der Waals surface area contributed by atoms with Gasteiger partial charge in [-0.15, -0.1) is 0 Å². The van der Waals surface area contributed by atoms with E-state index in [0.29, 0.717) is 54.2 Å². The third kappa shape index (κ3) is 5.77. The molecule has 0 saturated carbocycles. The van der Waals surface area contributed by atoms with Crippen molar-refractivity contribution in [2.75, 3.05) is 36.5 Å². The minimum absolute atomic E-state index is 0.0463. The van der Waals surface area contributed by atoms with Gasteiger partial charge >= 0.3 is 0 Å². The molecule has 0 aliphatic carbocycles. The van der Waals surface area contributed by atoms with E-state index >= 15 is 0 Å². The molecule has 0 fully saturated rings. The Morgan fingerprint density at radius 2 is 1.59 bits per heavy atom. The molecule has 1 N–H and O–H groups in total. The number of hydrogen-bond donors (Lipinski definition) is 1. The number of rotatable bonds is 10. The highest BCUT2D eigenvalue weighted by molar-refractivity contribution is 6.21. The summed E-state index contributed by atoms with van der Waals surface area (Å²) in [6, 6.07) is 19.7. The molecule has 2 aliphatic heterocycles. The third-order valence-electron chi connectivity index (χ3n) is 6.67. The van der Waals surface area contributed by atoms with Gasteiger partial charge in [0.05, 0.1) is 23.4 Å². The van der Waals surface area contributed by atoms with Crippen LogP contribution in [-0.2, 0) is 9.59 Å². The van der Waals surface area contributed by atoms with Crippen LogP contribution < -0.4 is 19.7 Å². The van der Waals surface area contributed by atoms with Crippen molar-refractivity contribution in [2.24, 2.45) is 0 Å². The first-order valence-corrected chi connectivity index (χ1v) is 12.9. The summed E-state index contributed by atoms with van der Waals surface area (Å²) in [5.74, 6) is 0.259. The van der Waals surface area contributed by atoms with Gasteiger partial charge in [0.2, 0.25) is 5.91 Å². The molecule has 0 spiro atoms. The standard InChI is InChI=1S/C30H29N3O6/c1-20-9-12-22(13-10-20)38-17-5-16-32-25-18-21(11-14-26(25)39-19-28(32)35)31-27(34)8-4-15-33-29(36)23-6-2-3-7-24(23)30(33)37/h2-3,6-7,9-14,18H,4-5,8,15-17,19H2,1H3,(H,31,34). The summed E-state index contributed by atoms with van der Waals surface area (Å²) in [4.78, 5) is 53.1. The minimum Gasteiger partial charge on any atom is -0.494 e. The second-order valence-corrected chi connectivity index (χ2v) is 9.49. The van der Waals surface area contributed by atoms with Crippen molar-refractivity contribution >= 4 is 35.0 Å². The summed E-state index contributed by atoms with van der Waals surface area (Å²) < 4.78 is 11.4. The smallest absolute Gasteiger partial charge is 0.265 e. The summed E-state index contributed by atoms with van der Waals surface area (Å²) >= 11 is 0. The number of carbonyl (C=O) groups is 4. The van der Waals surface area contributed by atoms with Gasteiger partial charge in [-0.2, -0.15) is 0 Å². The first kappa shape index (κ1) is 26.0. The molecule has 4 amide bonds. The number of anilines is 2. The fourth-order valence-corrected chi connectivity index (χ4v) is 4.64. The van der Waals surface area contributed by atoms with Crippen LogP contribution in [0.15, 0.2) is 66.7 Å². The number of hydrogen-bond acceptors (Lipinski definition) is 6. The fraction of sp³-hybridized carbons (Fsp3) is 0.267. The Balaban J connectivity index is 1.14. The van der Waals surface area contributed by atoms with Crippen LogP contribution in [0.1, 0.15) is 45.5 Å². The number of amides is 4. The lowest BCUT2D eigenvalue weighted by Crippen LogP contribution is -2.39. The van der Waals surface area contributed by atoms with Gasteiger partial charge in [0.25, 0.3) is 17.7 Å². The van der Waals surface area contributed by atoms with E-state index in [4.69, 9.17) is 9.47 Å². The quantitative estimate of drug-likeness (QED) is 0.313. The van der Waals surface area contributed by atoms with Gasteiger partial charge in [0.1, 0.15) is 11.5 Å². The molecule has 0 unspecified atom stereocenters. The number of nitrogens with one attached hydrogen (secondary N) is 1. The Hall–Kier alpha value is -4.66. The number of ether oxygens (including phenoxy) is 2. The van der Waals surface area contributed by atoms with E-state index in [1.807, 2.05) is 31.2 Å². The zero-order valence-electron chi connectivity index (χ0n) is 21.6. The van der Waals surface area contributed by atoms with Gasteiger partial charge in [-0.1, -0.05) is 29.8 Å². The van der Waals surface area contributed by atoms with Gasteiger partial charge in [-0.05, 0) is 62.2 Å². The minimum atomic E-state index is -0.334. The fourth-order valence-electron chi connectivity index (χ4n) is 4.64. The molecule has 0 aromatic heterocycles. The molecule has 9 nitrogen and oxygen atoms in total. The van der Waals surface area contributed by atoms with E-state index in [-0.39, 0.29) is 43.2 Å². The van der Waals surface area contributed by atoms with Crippen LogP contribution in [0, 0.1) is 6.92 Å². The maximum atomic E-state index is 12.6. The molecule has 9 heteroatoms. The first-order chi connectivity index (χ1) is 18.9. The van der Waals surface area contributed by atoms with Crippen molar-refractivity contribution in [1.82, 2.24) is 4.90 Å². The monoisotopic (exact) mass is 527 g/mol. The number of fused-ring (bicyclic) bond motifs is 2. The largest absolute Gasteiger partial charge is 0.494 e. The molecule has 3 aromatic carbocycles. The number of benzene rings is 3. The topological polar surface area (TPSA) is 105 Å². The lowest BCUT2D eigenvalue weighted by molar-refractivity contribution is -0.121. The average molecular weight is 528 g/mol. The molecule has 0 saturated heterocycles. The van der Waals surface area contributed by atoms with Crippen molar-refractivity contribution in [1.29, 1.82) is 0 Å². The molecular formula is C30H29N3O6. The molecule has 2 heterocycles. The molecular weight excluding hydrogens is 498 g/mol. The van der Waals surface area contributed by atoms with Gasteiger partial charge in [-0.3, -0.25) is 24.1 Å². The molecule has 0 radical (unpaired) electrons. The summed E-state index contributed by atoms with van der Waals surface area (Å²) in [7, 11) is 0. The molecule has 0 bridgehead atoms. The van der Waals surface area contributed by atoms with E-state index in [1.165, 1.54) is 4.90 Å². The van der Waals surface area contributed by atoms with Crippen LogP contribution in [0.3, 0.4) is 0 Å². The van der Waals surface area contributed by atoms with E-state index in [2.05, 4.69) is 5.32 Å². The lowest BCUT2D eigenvalue weighted by atomic mass is 10.1. The predicted octanol–water partition coefficient (Wildman–Crippen LogP) is 4.20. The second kappa shape index (κ2) is 11.4. The molecule has 3 aromatic rings. The highest BCUT2D eigenvalue weighted by atomic mass is 16.5. The van der Waals surface area contributed by atoms with Crippen molar-refractivity contribution in [3.8, 4) is 11.5 Å². The molecule has 2 aliphatic rings. The van der Waals surface area contributed by atoms with Crippen LogP contribution in [-0.4, -0.2) is 54.8 Å². The summed E-state index contributed by atoms with van der Waals surface area (Å²) in [6.07, 6.45) is 1.07. The summed E-state index contributed by atoms with van der Waals surface area (Å²) in [5, 5.41) is 2.84. The van der Waals surface area contributed by atoms with Gasteiger partial charge in [-0.25, -0.2) is 0 Å². The van der Waals surface area contributed by atoms with Crippen molar-refractivity contribution < 1.29 is 28.7 Å². The Bertz CT molecular complexity index is 1380. The summed E-state index contributed by atoms with van der Waals surface area (Å²) in [5.41, 5.74) is 3.06. The van der Waals surface area contributed by atoms with Crippen molar-refractivity contribution in [2.45, 2.75) is 26.2 Å². The van der Waals surface area contributed by atoms with Crippen LogP contribution in [0.5, 0.6) is 11.5 Å². The lowest BCUT2D eigenvalue weighted by Gasteiger charge is -2.30. The average Bonchev–Trinajstić information content (AvgIpc) is 3.18. The van der Waals surface area contributed by atoms with Crippen LogP contribution in [0.4, 0.5) is 11.4 Å². The number of nitrogens with zero attached hydrogens (tertiary/aromatic N) is 2. The zero-order valence-corrected chi connectivity index (χ0v) is 21.6. The Labute approximate surface area is 226 Å². The van der Waals surface area contributed by atoms with E-state index in [1.54, 1.807) is 47.4 Å². The second-order valence-electron chi connectivity index (χ2n) is 9.49. The number of carbonyl (C=O) groups excluding carboxylic acids is 4. The molecule has 5 rings (SSSR count). The maximum absolute atomic E-state index is 12.6. The van der Waals surface area contributed by atoms with Gasteiger partial charge < -0.3 is 19.7 Å². The van der Waals surface area contributed by atoms with E-state index < -0.39 is 0 Å². The molecule has 0 atom stereocenters. The van der Waals surface area contributed by atoms with Crippen molar-refractivity contribution in [3.05, 3.63) is 83.4 Å².